The summed E-state index contributed by atoms with van der Waals surface area (Å²) in [6.07, 6.45) is 36.4. The van der Waals surface area contributed by atoms with Crippen LogP contribution in [0.3, 0.4) is 0 Å². The number of fused-ring (bicyclic) bond motifs is 6. The van der Waals surface area contributed by atoms with Crippen LogP contribution in [0.2, 0.25) is 0 Å². The van der Waals surface area contributed by atoms with Crippen molar-refractivity contribution >= 4 is 49.7 Å². The van der Waals surface area contributed by atoms with Gasteiger partial charge in [0.1, 0.15) is 5.84 Å². The van der Waals surface area contributed by atoms with Crippen molar-refractivity contribution in [2.45, 2.75) is 46.5 Å². The molecule has 0 bridgehead atoms. The molecule has 0 fully saturated rings. The predicted octanol–water partition coefficient (Wildman–Crippen LogP) is 14.7. The largest absolute Gasteiger partial charge is 0.453 e. The molecule has 3 N–H and O–H groups in total. The van der Waals surface area contributed by atoms with Crippen LogP contribution in [0.1, 0.15) is 57.6 Å². The van der Waals surface area contributed by atoms with E-state index in [2.05, 4.69) is 161 Å². The van der Waals surface area contributed by atoms with Crippen molar-refractivity contribution < 1.29 is 4.74 Å². The van der Waals surface area contributed by atoms with Crippen molar-refractivity contribution in [3.05, 3.63) is 222 Å². The van der Waals surface area contributed by atoms with Gasteiger partial charge in [0, 0.05) is 33.1 Å². The van der Waals surface area contributed by atoms with Crippen LogP contribution in [0.4, 0.5) is 5.69 Å². The zero-order chi connectivity index (χ0) is 43.7. The Morgan fingerprint density at radius 3 is 2.38 bits per heavy atom. The number of aromatic amines is 1. The summed E-state index contributed by atoms with van der Waals surface area (Å²) in [4.78, 5) is 10.4. The summed E-state index contributed by atoms with van der Waals surface area (Å²) in [6, 6.07) is 34.2. The molecule has 0 saturated carbocycles. The Balaban J connectivity index is 0.000000194. The molecule has 5 heteroatoms. The fourth-order valence-corrected chi connectivity index (χ4v) is 8.39. The Bertz CT molecular complexity index is 3090. The van der Waals surface area contributed by atoms with E-state index in [0.717, 1.165) is 93.3 Å². The van der Waals surface area contributed by atoms with Crippen LogP contribution in [-0.4, -0.2) is 10.8 Å². The lowest BCUT2D eigenvalue weighted by atomic mass is 9.96. The number of benzene rings is 5. The van der Waals surface area contributed by atoms with Crippen molar-refractivity contribution in [3.8, 4) is 29.2 Å². The zero-order valence-electron chi connectivity index (χ0n) is 36.2. The minimum Gasteiger partial charge on any atom is -0.453 e. The average molecular weight is 821 g/mol. The molecule has 2 heterocycles. The molecule has 1 aliphatic heterocycles. The molecule has 9 rings (SSSR count). The highest BCUT2D eigenvalue weighted by molar-refractivity contribution is 6.20. The van der Waals surface area contributed by atoms with Gasteiger partial charge in [0.15, 0.2) is 11.5 Å². The van der Waals surface area contributed by atoms with E-state index in [1.54, 1.807) is 6.08 Å². The molecule has 5 aromatic carbocycles. The van der Waals surface area contributed by atoms with Crippen molar-refractivity contribution in [3.63, 3.8) is 0 Å². The van der Waals surface area contributed by atoms with Crippen molar-refractivity contribution in [2.24, 2.45) is 10.7 Å². The topological polar surface area (TPSA) is 66.6 Å². The molecule has 63 heavy (non-hydrogen) atoms. The lowest BCUT2D eigenvalue weighted by Gasteiger charge is -2.34. The van der Waals surface area contributed by atoms with Gasteiger partial charge in [0.25, 0.3) is 0 Å². The summed E-state index contributed by atoms with van der Waals surface area (Å²) >= 11 is 0. The van der Waals surface area contributed by atoms with Gasteiger partial charge in [-0.15, -0.1) is 6.42 Å². The fraction of sp³-hybridized carbons (Fsp3) is 0.121. The number of nitrogens with zero attached hydrogens (tertiary/aromatic N) is 2. The van der Waals surface area contributed by atoms with E-state index >= 15 is 0 Å². The summed E-state index contributed by atoms with van der Waals surface area (Å²) in [5, 5.41) is 4.94. The third-order valence-electron chi connectivity index (χ3n) is 11.5. The molecule has 0 atom stereocenters. The van der Waals surface area contributed by atoms with E-state index in [1.807, 2.05) is 57.2 Å². The summed E-state index contributed by atoms with van der Waals surface area (Å²) in [6.45, 7) is 10.0. The summed E-state index contributed by atoms with van der Waals surface area (Å²) < 4.78 is 6.45. The molecule has 0 spiro atoms. The van der Waals surface area contributed by atoms with Crippen molar-refractivity contribution in [1.29, 1.82) is 0 Å². The highest BCUT2D eigenvalue weighted by atomic mass is 16.5. The number of hydrogen-bond donors (Lipinski definition) is 2. The maximum atomic E-state index is 6.45. The van der Waals surface area contributed by atoms with Gasteiger partial charge in [-0.1, -0.05) is 134 Å². The number of hydrogen-bond acceptors (Lipinski definition) is 3. The lowest BCUT2D eigenvalue weighted by Crippen LogP contribution is -2.26. The van der Waals surface area contributed by atoms with E-state index in [0.29, 0.717) is 5.84 Å². The van der Waals surface area contributed by atoms with Crippen LogP contribution in [0.5, 0.6) is 5.75 Å². The number of aliphatic imine (C=N–C) groups is 1. The van der Waals surface area contributed by atoms with Crippen LogP contribution in [-0.2, 0) is 0 Å². The van der Waals surface area contributed by atoms with Gasteiger partial charge in [-0.3, -0.25) is 0 Å². The summed E-state index contributed by atoms with van der Waals surface area (Å²) in [5.41, 5.74) is 19.1. The average Bonchev–Trinajstić information content (AvgIpc) is 3.72. The first-order valence-corrected chi connectivity index (χ1v) is 21.6. The predicted molar refractivity (Wildman–Crippen MR) is 269 cm³/mol. The van der Waals surface area contributed by atoms with Gasteiger partial charge in [-0.25, -0.2) is 4.99 Å². The molecular formula is C58H52N4O. The second kappa shape index (κ2) is 19.3. The number of nitrogens with two attached hydrogens (primary N) is 1. The third-order valence-corrected chi connectivity index (χ3v) is 11.5. The molecule has 6 aromatic rings. The Hall–Kier alpha value is -7.81. The summed E-state index contributed by atoms with van der Waals surface area (Å²) in [7, 11) is 0. The van der Waals surface area contributed by atoms with Gasteiger partial charge < -0.3 is 20.4 Å². The number of rotatable bonds is 9. The second-order valence-corrected chi connectivity index (χ2v) is 15.4. The maximum absolute atomic E-state index is 6.45. The second-order valence-electron chi connectivity index (χ2n) is 15.4. The molecule has 0 unspecified atom stereocenters. The number of allylic oxidation sites excluding steroid dienone is 14. The number of H-pyrrole nitrogens is 1. The highest BCUT2D eigenvalue weighted by Gasteiger charge is 2.27. The maximum Gasteiger partial charge on any atom is 0.152 e. The summed E-state index contributed by atoms with van der Waals surface area (Å²) in [5.74, 6) is 4.65. The molecule has 0 saturated heterocycles. The van der Waals surface area contributed by atoms with Crippen LogP contribution in [0.15, 0.2) is 216 Å². The standard InChI is InChI=1S/C36H28N2O.C22H24N2/c1-5-9-14-27(7-3)38-32(8-4)34(12-6-2)39-35-23-26(18-21-33(35)38)25-17-19-30-29(22-25)36-28-15-11-10-13-24(28)16-20-31(36)37-30;1-2-21(19-11-7-4-8-12-19)24-22(23)20-15-13-18(14-16-20)17-9-5-3-6-10-17/h1,6-23,37H,4H2,2-3H3;2-3,5,7,9,11-16H,4,6,8,10H2,1H3,(H2,23,24)/b12-6-,14-9-,27-7+;21-2-. The smallest absolute Gasteiger partial charge is 0.152 e. The van der Waals surface area contributed by atoms with Gasteiger partial charge >= 0.3 is 0 Å². The van der Waals surface area contributed by atoms with E-state index < -0.39 is 0 Å². The van der Waals surface area contributed by atoms with Crippen LogP contribution in [0.25, 0.3) is 49.3 Å². The first-order chi connectivity index (χ1) is 30.9. The fourth-order valence-electron chi connectivity index (χ4n) is 8.39. The Labute approximate surface area is 371 Å². The molecule has 2 aliphatic carbocycles. The number of nitrogens with one attached hydrogen (secondary N) is 1. The van der Waals surface area contributed by atoms with Gasteiger partial charge in [0.05, 0.1) is 17.1 Å². The molecule has 0 amide bonds. The molecule has 3 aliphatic rings. The normalized spacial score (nSPS) is 15.7. The van der Waals surface area contributed by atoms with Gasteiger partial charge in [-0.2, -0.15) is 0 Å². The minimum absolute atomic E-state index is 0.562. The Morgan fingerprint density at radius 2 is 1.65 bits per heavy atom. The van der Waals surface area contributed by atoms with Crippen LogP contribution < -0.4 is 15.4 Å². The first kappa shape index (κ1) is 41.9. The number of aromatic nitrogens is 1. The number of ether oxygens (including phenoxy) is 1. The first-order valence-electron chi connectivity index (χ1n) is 21.6. The number of anilines is 1. The molecular weight excluding hydrogens is 769 g/mol. The SMILES string of the molecule is C#C/C=C\C(=C/C)N1C(C=C)=C(/C=C\C)Oc2cc(-c3ccc4[nH]c5ccc6ccccc6c5c4c3)ccc21.C/C=C(\N=C(N)c1ccc(C2=CC=CCC2)cc1)C1=CCCC=C1. The molecule has 0 radical (unpaired) electrons. The lowest BCUT2D eigenvalue weighted by molar-refractivity contribution is 0.430. The van der Waals surface area contributed by atoms with E-state index in [-0.39, 0.29) is 0 Å². The molecule has 5 nitrogen and oxygen atoms in total. The number of amidine groups is 1. The van der Waals surface area contributed by atoms with Crippen LogP contribution >= 0.6 is 0 Å². The minimum atomic E-state index is 0.562. The highest BCUT2D eigenvalue weighted by Crippen LogP contribution is 2.44. The molecule has 310 valence electrons. The van der Waals surface area contributed by atoms with E-state index in [1.165, 1.54) is 32.7 Å². The quantitative estimate of drug-likeness (QED) is 0.0661. The van der Waals surface area contributed by atoms with E-state index in [4.69, 9.17) is 16.9 Å². The van der Waals surface area contributed by atoms with E-state index in [9.17, 15) is 0 Å². The molecule has 1 aromatic heterocycles. The zero-order valence-corrected chi connectivity index (χ0v) is 36.2. The Morgan fingerprint density at radius 1 is 0.857 bits per heavy atom. The van der Waals surface area contributed by atoms with Crippen molar-refractivity contribution in [2.75, 3.05) is 4.90 Å². The Kier molecular flexibility index (Phi) is 12.8. The monoisotopic (exact) mass is 820 g/mol. The van der Waals surface area contributed by atoms with Crippen molar-refractivity contribution in [1.82, 2.24) is 4.98 Å². The van der Waals surface area contributed by atoms with Gasteiger partial charge in [0.2, 0.25) is 0 Å². The third kappa shape index (κ3) is 8.84. The number of terminal acetylenes is 1. The van der Waals surface area contributed by atoms with Gasteiger partial charge in [-0.05, 0) is 140 Å². The van der Waals surface area contributed by atoms with Crippen LogP contribution in [0, 0.1) is 12.3 Å².